The number of carbonyl (C=O) groups is 2. The first-order valence-corrected chi connectivity index (χ1v) is 7.23. The minimum atomic E-state index is -0.439. The molecule has 2 heterocycles. The van der Waals surface area contributed by atoms with E-state index in [0.717, 1.165) is 10.6 Å². The molecule has 0 N–H and O–H groups in total. The van der Waals surface area contributed by atoms with E-state index in [1.165, 1.54) is 23.5 Å². The highest BCUT2D eigenvalue weighted by Gasteiger charge is 2.37. The predicted molar refractivity (Wildman–Crippen MR) is 77.8 cm³/mol. The van der Waals surface area contributed by atoms with Gasteiger partial charge >= 0.3 is 5.97 Å². The molecule has 1 aromatic carbocycles. The van der Waals surface area contributed by atoms with Crippen LogP contribution in [0.5, 0.6) is 0 Å². The number of hydrogen-bond donors (Lipinski definition) is 0. The summed E-state index contributed by atoms with van der Waals surface area (Å²) >= 11 is 1.24. The van der Waals surface area contributed by atoms with Crippen LogP contribution in [-0.4, -0.2) is 34.9 Å². The normalized spacial score (nSPS) is 18.0. The molecular weight excluding hydrogens is 290 g/mol. The largest absolute Gasteiger partial charge is 0.469 e. The van der Waals surface area contributed by atoms with E-state index in [-0.39, 0.29) is 24.8 Å². The van der Waals surface area contributed by atoms with Gasteiger partial charge in [0, 0.05) is 18.5 Å². The summed E-state index contributed by atoms with van der Waals surface area (Å²) in [7, 11) is 1.32. The van der Waals surface area contributed by atoms with Crippen molar-refractivity contribution < 1.29 is 14.3 Å². The van der Waals surface area contributed by atoms with Crippen molar-refractivity contribution in [1.82, 2.24) is 9.36 Å². The summed E-state index contributed by atoms with van der Waals surface area (Å²) in [5.74, 6) is -0.603. The van der Waals surface area contributed by atoms with Crippen molar-refractivity contribution in [3.05, 3.63) is 30.3 Å². The summed E-state index contributed by atoms with van der Waals surface area (Å²) in [6.45, 7) is 0.274. The number of amides is 1. The molecule has 3 rings (SSSR count). The highest BCUT2D eigenvalue weighted by molar-refractivity contribution is 7.09. The van der Waals surface area contributed by atoms with Gasteiger partial charge in [-0.25, -0.2) is 0 Å². The van der Waals surface area contributed by atoms with Crippen molar-refractivity contribution in [2.75, 3.05) is 18.6 Å². The molecule has 21 heavy (non-hydrogen) atoms. The van der Waals surface area contributed by atoms with Gasteiger partial charge in [0.05, 0.1) is 13.0 Å². The Kier molecular flexibility index (Phi) is 3.66. The molecule has 0 saturated carbocycles. The zero-order valence-electron chi connectivity index (χ0n) is 11.4. The van der Waals surface area contributed by atoms with E-state index in [4.69, 9.17) is 0 Å². The number of rotatable bonds is 3. The van der Waals surface area contributed by atoms with Gasteiger partial charge in [-0.15, -0.1) is 0 Å². The maximum Gasteiger partial charge on any atom is 0.311 e. The Morgan fingerprint density at radius 2 is 2.14 bits per heavy atom. The zero-order chi connectivity index (χ0) is 14.8. The van der Waals surface area contributed by atoms with Gasteiger partial charge in [0.2, 0.25) is 11.9 Å². The summed E-state index contributed by atoms with van der Waals surface area (Å²) in [5.41, 5.74) is 0.956. The van der Waals surface area contributed by atoms with Crippen LogP contribution in [0.1, 0.15) is 6.42 Å². The van der Waals surface area contributed by atoms with E-state index in [2.05, 4.69) is 14.1 Å². The highest BCUT2D eigenvalue weighted by atomic mass is 32.1. The van der Waals surface area contributed by atoms with Crippen molar-refractivity contribution in [3.63, 3.8) is 0 Å². The van der Waals surface area contributed by atoms with Crippen molar-refractivity contribution in [2.24, 2.45) is 5.92 Å². The number of hydrogen-bond acceptors (Lipinski definition) is 6. The fraction of sp³-hybridized carbons (Fsp3) is 0.286. The quantitative estimate of drug-likeness (QED) is 0.807. The van der Waals surface area contributed by atoms with Crippen LogP contribution < -0.4 is 4.90 Å². The Morgan fingerprint density at radius 1 is 1.38 bits per heavy atom. The topological polar surface area (TPSA) is 72.4 Å². The number of carbonyl (C=O) groups excluding carboxylic acids is 2. The molecule has 1 fully saturated rings. The van der Waals surface area contributed by atoms with Crippen LogP contribution in [0.15, 0.2) is 30.3 Å². The molecular formula is C14H13N3O3S. The van der Waals surface area contributed by atoms with Crippen molar-refractivity contribution >= 4 is 29.4 Å². The van der Waals surface area contributed by atoms with Gasteiger partial charge in [0.15, 0.2) is 0 Å². The van der Waals surface area contributed by atoms with Crippen LogP contribution >= 0.6 is 11.5 Å². The zero-order valence-corrected chi connectivity index (χ0v) is 12.2. The van der Waals surface area contributed by atoms with Gasteiger partial charge in [-0.3, -0.25) is 14.5 Å². The second kappa shape index (κ2) is 5.61. The second-order valence-electron chi connectivity index (χ2n) is 4.69. The Hall–Kier alpha value is -2.28. The van der Waals surface area contributed by atoms with Crippen LogP contribution in [0.4, 0.5) is 5.95 Å². The lowest BCUT2D eigenvalue weighted by Gasteiger charge is -2.10. The lowest BCUT2D eigenvalue weighted by Crippen LogP contribution is -2.27. The minimum absolute atomic E-state index is 0.145. The Labute approximate surface area is 125 Å². The summed E-state index contributed by atoms with van der Waals surface area (Å²) in [4.78, 5) is 29.4. The number of benzene rings is 1. The fourth-order valence-electron chi connectivity index (χ4n) is 2.25. The molecule has 1 atom stereocenters. The number of aromatic nitrogens is 2. The first kappa shape index (κ1) is 13.7. The number of methoxy groups -OCH3 is 1. The third-order valence-electron chi connectivity index (χ3n) is 3.34. The maximum atomic E-state index is 12.0. The molecule has 108 valence electrons. The van der Waals surface area contributed by atoms with E-state index < -0.39 is 5.92 Å². The standard InChI is InChI=1S/C14H13N3O3S/c1-20-13(19)10-7-11(18)17(8-10)14-15-12(21-16-14)9-5-3-2-4-6-9/h2-6,10H,7-8H2,1H3. The van der Waals surface area contributed by atoms with Gasteiger partial charge in [0.1, 0.15) is 5.01 Å². The van der Waals surface area contributed by atoms with Crippen molar-refractivity contribution in [2.45, 2.75) is 6.42 Å². The monoisotopic (exact) mass is 303 g/mol. The molecule has 0 spiro atoms. The van der Waals surface area contributed by atoms with Gasteiger partial charge in [-0.2, -0.15) is 9.36 Å². The molecule has 1 amide bonds. The molecule has 0 aliphatic carbocycles. The number of esters is 1. The SMILES string of the molecule is COC(=O)C1CC(=O)N(c2nsc(-c3ccccc3)n2)C1. The fourth-order valence-corrected chi connectivity index (χ4v) is 2.92. The molecule has 6 nitrogen and oxygen atoms in total. The molecule has 0 bridgehead atoms. The third-order valence-corrected chi connectivity index (χ3v) is 4.09. The van der Waals surface area contributed by atoms with E-state index in [1.54, 1.807) is 0 Å². The molecule has 0 radical (unpaired) electrons. The summed E-state index contributed by atoms with van der Waals surface area (Å²) in [6.07, 6.45) is 0.145. The Balaban J connectivity index is 1.81. The summed E-state index contributed by atoms with van der Waals surface area (Å²) in [6, 6.07) is 9.65. The lowest BCUT2D eigenvalue weighted by atomic mass is 10.1. The number of anilines is 1. The van der Waals surface area contributed by atoms with Crippen LogP contribution in [-0.2, 0) is 14.3 Å². The Morgan fingerprint density at radius 3 is 2.86 bits per heavy atom. The van der Waals surface area contributed by atoms with Crippen LogP contribution in [0, 0.1) is 5.92 Å². The smallest absolute Gasteiger partial charge is 0.311 e. The first-order valence-electron chi connectivity index (χ1n) is 6.46. The highest BCUT2D eigenvalue weighted by Crippen LogP contribution is 2.28. The summed E-state index contributed by atoms with van der Waals surface area (Å²) in [5, 5.41) is 0.750. The molecule has 1 saturated heterocycles. The number of nitrogens with zero attached hydrogens (tertiary/aromatic N) is 3. The van der Waals surface area contributed by atoms with Crippen molar-refractivity contribution in [3.8, 4) is 10.6 Å². The summed E-state index contributed by atoms with van der Waals surface area (Å²) < 4.78 is 8.91. The third kappa shape index (κ3) is 2.64. The first-order chi connectivity index (χ1) is 10.2. The molecule has 2 aromatic rings. The maximum absolute atomic E-state index is 12.0. The molecule has 1 unspecified atom stereocenters. The molecule has 7 heteroatoms. The lowest BCUT2D eigenvalue weighted by molar-refractivity contribution is -0.145. The van der Waals surface area contributed by atoms with Gasteiger partial charge in [0.25, 0.3) is 0 Å². The van der Waals surface area contributed by atoms with Gasteiger partial charge in [-0.1, -0.05) is 30.3 Å². The molecule has 1 aliphatic rings. The molecule has 1 aromatic heterocycles. The van der Waals surface area contributed by atoms with Crippen molar-refractivity contribution in [1.29, 1.82) is 0 Å². The van der Waals surface area contributed by atoms with E-state index >= 15 is 0 Å². The number of ether oxygens (including phenoxy) is 1. The average molecular weight is 303 g/mol. The van der Waals surface area contributed by atoms with Crippen LogP contribution in [0.2, 0.25) is 0 Å². The Bertz CT molecular complexity index is 671. The van der Waals surface area contributed by atoms with Gasteiger partial charge < -0.3 is 4.74 Å². The van der Waals surface area contributed by atoms with E-state index in [0.29, 0.717) is 5.95 Å². The van der Waals surface area contributed by atoms with Gasteiger partial charge in [-0.05, 0) is 11.5 Å². The van der Waals surface area contributed by atoms with Crippen LogP contribution in [0.25, 0.3) is 10.6 Å². The predicted octanol–water partition coefficient (Wildman–Crippen LogP) is 1.73. The second-order valence-corrected chi connectivity index (χ2v) is 5.45. The average Bonchev–Trinajstić information content (AvgIpc) is 3.14. The minimum Gasteiger partial charge on any atom is -0.469 e. The van der Waals surface area contributed by atoms with Crippen LogP contribution in [0.3, 0.4) is 0 Å². The van der Waals surface area contributed by atoms with E-state index in [1.807, 2.05) is 30.3 Å². The molecule has 1 aliphatic heterocycles. The van der Waals surface area contributed by atoms with E-state index in [9.17, 15) is 9.59 Å².